The molecule has 7 rings (SSSR count). The van der Waals surface area contributed by atoms with Gasteiger partial charge in [-0.1, -0.05) is 76.6 Å². The fourth-order valence-corrected chi connectivity index (χ4v) is 11.5. The minimum atomic E-state index is -0.747. The average Bonchev–Trinajstić information content (AvgIpc) is 3.87. The van der Waals surface area contributed by atoms with Crippen LogP contribution in [0.4, 0.5) is 0 Å². The largest absolute Gasteiger partial charge is 0.875 e. The minimum Gasteiger partial charge on any atom is -0.875 e. The summed E-state index contributed by atoms with van der Waals surface area (Å²) in [5, 5.41) is 46.2. The smallest absolute Gasteiger partial charge is 0.161 e. The highest BCUT2D eigenvalue weighted by Gasteiger charge is 2.37. The Morgan fingerprint density at radius 1 is 1.00 bits per heavy atom. The van der Waals surface area contributed by atoms with Gasteiger partial charge in [-0.25, -0.2) is 0 Å². The van der Waals surface area contributed by atoms with E-state index >= 15 is 0 Å². The summed E-state index contributed by atoms with van der Waals surface area (Å²) in [6.07, 6.45) is 14.9. The molecule has 0 radical (unpaired) electrons. The second-order valence-corrected chi connectivity index (χ2v) is 19.3. The number of phenols is 2. The van der Waals surface area contributed by atoms with Crippen LogP contribution in [0, 0.1) is 23.2 Å². The topological polar surface area (TPSA) is 174 Å². The van der Waals surface area contributed by atoms with Gasteiger partial charge in [-0.15, -0.1) is 5.76 Å². The predicted molar refractivity (Wildman–Crippen MR) is 241 cm³/mol. The van der Waals surface area contributed by atoms with Crippen LogP contribution in [-0.2, 0) is 23.4 Å². The zero-order valence-electron chi connectivity index (χ0n) is 34.3. The van der Waals surface area contributed by atoms with Crippen LogP contribution in [0.2, 0.25) is 0 Å². The van der Waals surface area contributed by atoms with Crippen LogP contribution in [0.25, 0.3) is 0 Å². The molecule has 8 bridgehead atoms. The summed E-state index contributed by atoms with van der Waals surface area (Å²) in [7, 11) is 3.60. The quantitative estimate of drug-likeness (QED) is 0.0705. The van der Waals surface area contributed by atoms with Gasteiger partial charge in [0.1, 0.15) is 5.75 Å². The van der Waals surface area contributed by atoms with E-state index in [1.165, 1.54) is 0 Å². The number of aryl methyl sites for hydroxylation is 1. The first kappa shape index (κ1) is 43.6. The summed E-state index contributed by atoms with van der Waals surface area (Å²) in [6.45, 7) is 2.08. The molecule has 2 aliphatic heterocycles. The number of phenolic OH excluding ortho intramolecular Hbond substituents is 2. The molecule has 0 amide bonds. The van der Waals surface area contributed by atoms with Crippen molar-refractivity contribution in [3.63, 3.8) is 0 Å². The Bertz CT molecular complexity index is 2250. The van der Waals surface area contributed by atoms with Crippen molar-refractivity contribution >= 4 is 33.1 Å². The van der Waals surface area contributed by atoms with Crippen molar-refractivity contribution in [1.29, 1.82) is 0 Å². The van der Waals surface area contributed by atoms with Crippen LogP contribution in [-0.4, -0.2) is 45.3 Å². The molecule has 1 fully saturated rings. The van der Waals surface area contributed by atoms with E-state index in [9.17, 15) is 25.2 Å². The van der Waals surface area contributed by atoms with Crippen LogP contribution in [0.1, 0.15) is 122 Å². The number of ketones is 1. The van der Waals surface area contributed by atoms with E-state index in [2.05, 4.69) is 29.0 Å². The molecule has 3 aromatic rings. The Balaban J connectivity index is 1.24. The number of nitrogens with two attached hydrogens (primary N) is 2. The normalized spacial score (nSPS) is 23.4. The molecule has 3 aromatic carbocycles. The predicted octanol–water partition coefficient (Wildman–Crippen LogP) is 8.18. The number of aromatic hydroxyl groups is 2. The molecule has 4 aliphatic rings. The van der Waals surface area contributed by atoms with Crippen molar-refractivity contribution in [2.24, 2.45) is 27.8 Å². The Kier molecular flexibility index (Phi) is 14.5. The summed E-state index contributed by atoms with van der Waals surface area (Å²) in [4.78, 5) is 17.7. The number of nitrogens with zero attached hydrogens (tertiary/aromatic N) is 1. The molecule has 0 saturated heterocycles. The fourth-order valence-electron chi connectivity index (χ4n) is 8.99. The lowest BCUT2D eigenvalue weighted by Gasteiger charge is -2.28. The number of carbonyl (C=O) groups excluding carboxylic acids is 1. The van der Waals surface area contributed by atoms with E-state index < -0.39 is 12.1 Å². The van der Waals surface area contributed by atoms with Gasteiger partial charge in [0.15, 0.2) is 17.3 Å². The summed E-state index contributed by atoms with van der Waals surface area (Å²) < 4.78 is 6.12. The third-order valence-corrected chi connectivity index (χ3v) is 14.8. The molecule has 11 heteroatoms. The monoisotopic (exact) mass is 846 g/mol. The van der Waals surface area contributed by atoms with Crippen molar-refractivity contribution < 1.29 is 30.0 Å². The van der Waals surface area contributed by atoms with E-state index in [1.807, 2.05) is 42.0 Å². The summed E-state index contributed by atoms with van der Waals surface area (Å²) in [5.41, 5.74) is 19.7. The second-order valence-electron chi connectivity index (χ2n) is 16.8. The van der Waals surface area contributed by atoms with Crippen LogP contribution < -0.4 is 21.3 Å². The zero-order valence-corrected chi connectivity index (χ0v) is 36.0. The Morgan fingerprint density at radius 3 is 2.63 bits per heavy atom. The molecule has 2 aliphatic carbocycles. The first-order valence-electron chi connectivity index (χ1n) is 21.2. The second kappa shape index (κ2) is 20.0. The van der Waals surface area contributed by atoms with Gasteiger partial charge in [-0.05, 0) is 133 Å². The third-order valence-electron chi connectivity index (χ3n) is 12.3. The van der Waals surface area contributed by atoms with Crippen molar-refractivity contribution in [2.75, 3.05) is 12.4 Å². The molecule has 1 saturated carbocycles. The maximum atomic E-state index is 14.1. The van der Waals surface area contributed by atoms with Crippen LogP contribution in [0.15, 0.2) is 89.3 Å². The van der Waals surface area contributed by atoms with Crippen LogP contribution in [0.5, 0.6) is 17.2 Å². The number of allylic oxidation sites excluding steroid dienone is 5. The van der Waals surface area contributed by atoms with Crippen molar-refractivity contribution in [1.82, 2.24) is 0 Å². The van der Waals surface area contributed by atoms with Crippen molar-refractivity contribution in [3.8, 4) is 29.1 Å². The lowest BCUT2D eigenvalue weighted by Crippen LogP contribution is -2.23. The number of aliphatic imine (C=N–C) groups is 1. The highest BCUT2D eigenvalue weighted by atomic mass is 33.1. The average molecular weight is 847 g/mol. The minimum absolute atomic E-state index is 0.0184. The molecular formula is C49H56N3O6S2-. The van der Waals surface area contributed by atoms with E-state index in [4.69, 9.17) is 16.2 Å². The third kappa shape index (κ3) is 10.9. The fraction of sp³-hybridized carbons (Fsp3) is 0.429. The lowest BCUT2D eigenvalue weighted by molar-refractivity contribution is -0.307. The number of hydrogen-bond donors (Lipinski definition) is 5. The number of ether oxygens (including phenoxy) is 1. The van der Waals surface area contributed by atoms with Crippen LogP contribution in [0.3, 0.4) is 0 Å². The number of fused-ring (bicyclic) bond motifs is 9. The maximum absolute atomic E-state index is 14.1. The number of benzene rings is 3. The lowest BCUT2D eigenvalue weighted by atomic mass is 9.79. The molecule has 316 valence electrons. The number of unbranched alkanes of at least 4 members (excludes halogenated alkanes) is 1. The number of aliphatic hydroxyl groups excluding tert-OH is 1. The van der Waals surface area contributed by atoms with Gasteiger partial charge in [-0.3, -0.25) is 9.79 Å². The standard InChI is InChI=1S/C49H57N3O6S2/c1-31(53)5-2-3-18-49-19-14-34(28-49)29-59-60-30-36-26-39-35(25-40(36)48(50)51)6-4-7-43-38(16-21-52-43)46(57)27-41(39)42-23-33(9-12-44(42)55)17-22-58-47-24-32(10-13-45(47)56)8-11-37(54)15-20-49/h9-10,12-13,15-16,20-21,23-26,31,34,41,48,53,55-57H,2-3,5,7-8,11,14,17-19,22,27-30,50-51H2,1H3/p-1/b20-15+,46-38?/t31-,34+,41-,49+/m0/s1. The molecule has 0 aromatic heterocycles. The Labute approximate surface area is 361 Å². The maximum Gasteiger partial charge on any atom is 0.161 e. The first-order valence-corrected chi connectivity index (χ1v) is 23.7. The molecule has 4 atom stereocenters. The van der Waals surface area contributed by atoms with Gasteiger partial charge in [-0.2, -0.15) is 0 Å². The zero-order chi connectivity index (χ0) is 42.2. The van der Waals surface area contributed by atoms with Crippen molar-refractivity contribution in [2.45, 2.75) is 108 Å². The van der Waals surface area contributed by atoms with E-state index in [0.717, 1.165) is 78.5 Å². The Morgan fingerprint density at radius 2 is 1.82 bits per heavy atom. The van der Waals surface area contributed by atoms with Gasteiger partial charge >= 0.3 is 0 Å². The number of aliphatic hydroxyl groups is 1. The summed E-state index contributed by atoms with van der Waals surface area (Å²) in [6, 6.07) is 14.7. The highest BCUT2D eigenvalue weighted by molar-refractivity contribution is 8.76. The van der Waals surface area contributed by atoms with E-state index in [-0.39, 0.29) is 47.6 Å². The number of rotatable bonds is 6. The summed E-state index contributed by atoms with van der Waals surface area (Å²) >= 11 is 0. The molecule has 2 heterocycles. The molecular weight excluding hydrogens is 791 g/mol. The van der Waals surface area contributed by atoms with Gasteiger partial charge in [0.05, 0.1) is 31.0 Å². The van der Waals surface area contributed by atoms with Gasteiger partial charge in [0, 0.05) is 47.6 Å². The number of hydrogen-bond acceptors (Lipinski definition) is 11. The highest BCUT2D eigenvalue weighted by Crippen LogP contribution is 2.49. The van der Waals surface area contributed by atoms with Gasteiger partial charge < -0.3 is 36.6 Å². The van der Waals surface area contributed by atoms with Crippen molar-refractivity contribution in [3.05, 3.63) is 123 Å². The van der Waals surface area contributed by atoms with Crippen LogP contribution >= 0.6 is 21.6 Å². The Hall–Kier alpha value is -4.44. The number of carbonyl (C=O) groups is 1. The molecule has 7 N–H and O–H groups in total. The SMILES string of the molecule is C[C@H](O)CCCC[C@]12/C=C/C(=O)CCc3ccc(O)c(c3)OCCc3ccc(O)c(c3)[C@H]3CC([O-])=C4C=CN=C4CC#Cc4cc(C(N)N)c(cc43)CSSC[C@H](CC1)C2. The molecule has 0 unspecified atom stereocenters. The molecule has 9 nitrogen and oxygen atoms in total. The van der Waals surface area contributed by atoms with E-state index in [0.29, 0.717) is 65.5 Å². The van der Waals surface area contributed by atoms with Gasteiger partial charge in [0.2, 0.25) is 0 Å². The summed E-state index contributed by atoms with van der Waals surface area (Å²) in [5.74, 6) is 8.59. The van der Waals surface area contributed by atoms with Gasteiger partial charge in [0.25, 0.3) is 0 Å². The molecule has 60 heavy (non-hydrogen) atoms. The van der Waals surface area contributed by atoms with E-state index in [1.54, 1.807) is 47.3 Å². The first-order chi connectivity index (χ1) is 29.0. The molecule has 0 spiro atoms.